The lowest BCUT2D eigenvalue weighted by molar-refractivity contribution is 0.0936. The van der Waals surface area contributed by atoms with Crippen LogP contribution in [0.25, 0.3) is 11.3 Å². The maximum atomic E-state index is 12.5. The monoisotopic (exact) mass is 350 g/mol. The van der Waals surface area contributed by atoms with Crippen molar-refractivity contribution in [1.82, 2.24) is 30.3 Å². The number of carbonyl (C=O) groups is 1. The SMILES string of the molecule is CC(C)c1ccc(-c2cccc(C(=O)N[C@H](C)Cn3cncn3)c2)nn1. The van der Waals surface area contributed by atoms with Gasteiger partial charge in [-0.3, -0.25) is 9.48 Å². The van der Waals surface area contributed by atoms with Crippen LogP contribution in [0.2, 0.25) is 0 Å². The summed E-state index contributed by atoms with van der Waals surface area (Å²) in [5.74, 6) is 0.200. The van der Waals surface area contributed by atoms with Gasteiger partial charge in [0.25, 0.3) is 5.91 Å². The van der Waals surface area contributed by atoms with Crippen LogP contribution in [0, 0.1) is 0 Å². The molecule has 0 aliphatic carbocycles. The molecule has 1 amide bonds. The van der Waals surface area contributed by atoms with Gasteiger partial charge in [-0.15, -0.1) is 0 Å². The lowest BCUT2D eigenvalue weighted by Gasteiger charge is -2.14. The minimum absolute atomic E-state index is 0.0713. The molecule has 7 nitrogen and oxygen atoms in total. The van der Waals surface area contributed by atoms with E-state index in [1.165, 1.54) is 6.33 Å². The van der Waals surface area contributed by atoms with Gasteiger partial charge in [-0.2, -0.15) is 15.3 Å². The Morgan fingerprint density at radius 1 is 1.15 bits per heavy atom. The molecule has 1 N–H and O–H groups in total. The molecule has 0 bridgehead atoms. The maximum absolute atomic E-state index is 12.5. The van der Waals surface area contributed by atoms with Crippen molar-refractivity contribution in [2.24, 2.45) is 0 Å². The Hall–Kier alpha value is -3.09. The third-order valence-corrected chi connectivity index (χ3v) is 4.00. The number of hydrogen-bond acceptors (Lipinski definition) is 5. The van der Waals surface area contributed by atoms with Gasteiger partial charge < -0.3 is 5.32 Å². The summed E-state index contributed by atoms with van der Waals surface area (Å²) >= 11 is 0. The van der Waals surface area contributed by atoms with Gasteiger partial charge in [-0.05, 0) is 37.1 Å². The van der Waals surface area contributed by atoms with E-state index >= 15 is 0 Å². The first-order valence-corrected chi connectivity index (χ1v) is 8.60. The fourth-order valence-corrected chi connectivity index (χ4v) is 2.58. The number of carbonyl (C=O) groups excluding carboxylic acids is 1. The van der Waals surface area contributed by atoms with Gasteiger partial charge in [-0.25, -0.2) is 4.98 Å². The molecular formula is C19H22N6O. The van der Waals surface area contributed by atoms with Crippen LogP contribution in [-0.2, 0) is 6.54 Å². The van der Waals surface area contributed by atoms with Crippen LogP contribution in [-0.4, -0.2) is 36.9 Å². The van der Waals surface area contributed by atoms with E-state index in [1.54, 1.807) is 17.1 Å². The average molecular weight is 350 g/mol. The molecule has 1 atom stereocenters. The normalized spacial score (nSPS) is 12.2. The van der Waals surface area contributed by atoms with Crippen LogP contribution < -0.4 is 5.32 Å². The van der Waals surface area contributed by atoms with Gasteiger partial charge in [0.1, 0.15) is 12.7 Å². The zero-order chi connectivity index (χ0) is 18.5. The van der Waals surface area contributed by atoms with Crippen molar-refractivity contribution < 1.29 is 4.79 Å². The number of aromatic nitrogens is 5. The van der Waals surface area contributed by atoms with E-state index in [4.69, 9.17) is 0 Å². The first-order chi connectivity index (χ1) is 12.5. The van der Waals surface area contributed by atoms with Crippen molar-refractivity contribution in [2.45, 2.75) is 39.3 Å². The van der Waals surface area contributed by atoms with Gasteiger partial charge in [0.05, 0.1) is 17.9 Å². The highest BCUT2D eigenvalue weighted by Gasteiger charge is 2.12. The van der Waals surface area contributed by atoms with E-state index in [-0.39, 0.29) is 11.9 Å². The fourth-order valence-electron chi connectivity index (χ4n) is 2.58. The van der Waals surface area contributed by atoms with Crippen LogP contribution in [0.15, 0.2) is 49.1 Å². The minimum atomic E-state index is -0.133. The van der Waals surface area contributed by atoms with Crippen LogP contribution in [0.3, 0.4) is 0 Å². The van der Waals surface area contributed by atoms with Gasteiger partial charge >= 0.3 is 0 Å². The number of nitrogens with one attached hydrogen (secondary N) is 1. The molecule has 0 aliphatic rings. The second-order valence-corrected chi connectivity index (χ2v) is 6.57. The third-order valence-electron chi connectivity index (χ3n) is 4.00. The summed E-state index contributed by atoms with van der Waals surface area (Å²) in [7, 11) is 0. The zero-order valence-electron chi connectivity index (χ0n) is 15.1. The predicted octanol–water partition coefficient (Wildman–Crippen LogP) is 2.68. The molecule has 0 saturated carbocycles. The van der Waals surface area contributed by atoms with Gasteiger partial charge in [0.2, 0.25) is 0 Å². The zero-order valence-corrected chi connectivity index (χ0v) is 15.1. The Kier molecular flexibility index (Phi) is 5.36. The molecule has 0 saturated heterocycles. The summed E-state index contributed by atoms with van der Waals surface area (Å²) in [5, 5.41) is 15.6. The second-order valence-electron chi connectivity index (χ2n) is 6.57. The second kappa shape index (κ2) is 7.86. The van der Waals surface area contributed by atoms with Crippen molar-refractivity contribution in [3.8, 4) is 11.3 Å². The molecular weight excluding hydrogens is 328 g/mol. The predicted molar refractivity (Wildman–Crippen MR) is 98.5 cm³/mol. The van der Waals surface area contributed by atoms with Crippen molar-refractivity contribution >= 4 is 5.91 Å². The summed E-state index contributed by atoms with van der Waals surface area (Å²) in [6.07, 6.45) is 3.10. The number of nitrogens with zero attached hydrogens (tertiary/aromatic N) is 5. The molecule has 0 aliphatic heterocycles. The molecule has 26 heavy (non-hydrogen) atoms. The summed E-state index contributed by atoms with van der Waals surface area (Å²) in [6, 6.07) is 11.2. The highest BCUT2D eigenvalue weighted by atomic mass is 16.1. The minimum Gasteiger partial charge on any atom is -0.348 e. The maximum Gasteiger partial charge on any atom is 0.251 e. The van der Waals surface area contributed by atoms with E-state index in [2.05, 4.69) is 39.4 Å². The molecule has 2 heterocycles. The Morgan fingerprint density at radius 2 is 2.00 bits per heavy atom. The molecule has 0 fully saturated rings. The molecule has 0 spiro atoms. The highest BCUT2D eigenvalue weighted by molar-refractivity contribution is 5.95. The topological polar surface area (TPSA) is 85.6 Å². The molecule has 3 rings (SSSR count). The van der Waals surface area contributed by atoms with E-state index in [1.807, 2.05) is 37.3 Å². The van der Waals surface area contributed by atoms with E-state index in [0.29, 0.717) is 18.0 Å². The van der Waals surface area contributed by atoms with Crippen LogP contribution >= 0.6 is 0 Å². The first-order valence-electron chi connectivity index (χ1n) is 8.60. The standard InChI is InChI=1S/C19H22N6O/c1-13(2)17-7-8-18(24-23-17)15-5-4-6-16(9-15)19(26)22-14(3)10-25-12-20-11-21-25/h4-9,11-14H,10H2,1-3H3,(H,22,26)/t14-/m1/s1. The van der Waals surface area contributed by atoms with Crippen molar-refractivity contribution in [2.75, 3.05) is 0 Å². The van der Waals surface area contributed by atoms with Crippen molar-refractivity contribution in [3.63, 3.8) is 0 Å². The van der Waals surface area contributed by atoms with Crippen LogP contribution in [0.1, 0.15) is 42.7 Å². The lowest BCUT2D eigenvalue weighted by atomic mass is 10.1. The number of benzene rings is 1. The summed E-state index contributed by atoms with van der Waals surface area (Å²) < 4.78 is 1.69. The van der Waals surface area contributed by atoms with E-state index in [9.17, 15) is 4.79 Å². The largest absolute Gasteiger partial charge is 0.348 e. The van der Waals surface area contributed by atoms with Gasteiger partial charge in [0, 0.05) is 17.2 Å². The number of rotatable bonds is 6. The summed E-state index contributed by atoms with van der Waals surface area (Å²) in [6.45, 7) is 6.65. The highest BCUT2D eigenvalue weighted by Crippen LogP contribution is 2.19. The lowest BCUT2D eigenvalue weighted by Crippen LogP contribution is -2.35. The first kappa shape index (κ1) is 17.7. The molecule has 7 heteroatoms. The Labute approximate surface area is 152 Å². The molecule has 2 aromatic heterocycles. The number of amides is 1. The summed E-state index contributed by atoms with van der Waals surface area (Å²) in [5.41, 5.74) is 3.15. The van der Waals surface area contributed by atoms with E-state index < -0.39 is 0 Å². The number of hydrogen-bond donors (Lipinski definition) is 1. The Bertz CT molecular complexity index is 858. The summed E-state index contributed by atoms with van der Waals surface area (Å²) in [4.78, 5) is 16.4. The van der Waals surface area contributed by atoms with Crippen LogP contribution in [0.5, 0.6) is 0 Å². The molecule has 3 aromatic rings. The molecule has 0 radical (unpaired) electrons. The van der Waals surface area contributed by atoms with E-state index in [0.717, 1.165) is 17.0 Å². The smallest absolute Gasteiger partial charge is 0.251 e. The molecule has 1 aromatic carbocycles. The van der Waals surface area contributed by atoms with Crippen molar-refractivity contribution in [1.29, 1.82) is 0 Å². The Morgan fingerprint density at radius 3 is 2.65 bits per heavy atom. The quantitative estimate of drug-likeness (QED) is 0.739. The third kappa shape index (κ3) is 4.30. The Balaban J connectivity index is 1.70. The fraction of sp³-hybridized carbons (Fsp3) is 0.316. The van der Waals surface area contributed by atoms with Crippen molar-refractivity contribution in [3.05, 3.63) is 60.3 Å². The van der Waals surface area contributed by atoms with Crippen LogP contribution in [0.4, 0.5) is 0 Å². The van der Waals surface area contributed by atoms with Gasteiger partial charge in [-0.1, -0.05) is 26.0 Å². The molecule has 134 valence electrons. The molecule has 0 unspecified atom stereocenters. The average Bonchev–Trinajstić information content (AvgIpc) is 3.14. The van der Waals surface area contributed by atoms with Gasteiger partial charge in [0.15, 0.2) is 0 Å².